The van der Waals surface area contributed by atoms with Gasteiger partial charge in [-0.05, 0) is 18.6 Å². The molecule has 0 fully saturated rings. The smallest absolute Gasteiger partial charge is 0.292 e. The molecule has 0 unspecified atom stereocenters. The monoisotopic (exact) mass is 293 g/mol. The molecule has 0 aliphatic carbocycles. The number of aryl methyl sites for hydroxylation is 1. The second-order valence-electron chi connectivity index (χ2n) is 3.84. The summed E-state index contributed by atoms with van der Waals surface area (Å²) < 4.78 is 0. The van der Waals surface area contributed by atoms with Crippen LogP contribution in [0, 0.1) is 10.1 Å². The molecule has 0 aliphatic heterocycles. The van der Waals surface area contributed by atoms with E-state index in [1.54, 1.807) is 0 Å². The van der Waals surface area contributed by atoms with Crippen LogP contribution >= 0.6 is 11.3 Å². The molecule has 2 aromatic rings. The highest BCUT2D eigenvalue weighted by Crippen LogP contribution is 2.23. The second-order valence-corrected chi connectivity index (χ2v) is 4.90. The van der Waals surface area contributed by atoms with Gasteiger partial charge in [-0.15, -0.1) is 10.2 Å². The molecule has 1 heterocycles. The third-order valence-corrected chi connectivity index (χ3v) is 3.46. The Bertz CT molecular complexity index is 670. The minimum Gasteiger partial charge on any atom is -0.393 e. The van der Waals surface area contributed by atoms with E-state index in [0.717, 1.165) is 17.5 Å². The number of hydrogen-bond donors (Lipinski definition) is 2. The molecule has 0 saturated carbocycles. The van der Waals surface area contributed by atoms with Gasteiger partial charge < -0.3 is 5.73 Å². The Morgan fingerprint density at radius 1 is 1.50 bits per heavy atom. The molecule has 0 aliphatic rings. The molecule has 0 radical (unpaired) electrons. The standard InChI is InChI=1S/C11H11N5O3S/c1-2-9-14-15-11(20-9)13-10(17)6-3-4-7(12)8(5-6)16(18)19/h3-5H,2,12H2,1H3,(H,13,15,17). The lowest BCUT2D eigenvalue weighted by Crippen LogP contribution is -2.12. The van der Waals surface area contributed by atoms with E-state index >= 15 is 0 Å². The van der Waals surface area contributed by atoms with Gasteiger partial charge >= 0.3 is 0 Å². The number of nitrogen functional groups attached to an aromatic ring is 1. The Labute approximate surface area is 117 Å². The van der Waals surface area contributed by atoms with Crippen molar-refractivity contribution < 1.29 is 9.72 Å². The van der Waals surface area contributed by atoms with E-state index in [4.69, 9.17) is 5.73 Å². The third-order valence-electron chi connectivity index (χ3n) is 2.48. The first-order valence-corrected chi connectivity index (χ1v) is 6.50. The molecule has 20 heavy (non-hydrogen) atoms. The van der Waals surface area contributed by atoms with E-state index in [2.05, 4.69) is 15.5 Å². The van der Waals surface area contributed by atoms with Crippen molar-refractivity contribution in [1.82, 2.24) is 10.2 Å². The Morgan fingerprint density at radius 3 is 2.85 bits per heavy atom. The van der Waals surface area contributed by atoms with Gasteiger partial charge in [0.15, 0.2) is 0 Å². The number of carbonyl (C=O) groups is 1. The molecule has 104 valence electrons. The number of benzene rings is 1. The summed E-state index contributed by atoms with van der Waals surface area (Å²) >= 11 is 1.26. The normalized spacial score (nSPS) is 10.2. The van der Waals surface area contributed by atoms with Crippen LogP contribution in [0.25, 0.3) is 0 Å². The highest BCUT2D eigenvalue weighted by molar-refractivity contribution is 7.15. The lowest BCUT2D eigenvalue weighted by atomic mass is 10.1. The first-order valence-electron chi connectivity index (χ1n) is 5.69. The Morgan fingerprint density at radius 2 is 2.25 bits per heavy atom. The van der Waals surface area contributed by atoms with Crippen LogP contribution in [0.2, 0.25) is 0 Å². The maximum absolute atomic E-state index is 12.0. The van der Waals surface area contributed by atoms with Crippen LogP contribution in [0.3, 0.4) is 0 Å². The lowest BCUT2D eigenvalue weighted by molar-refractivity contribution is -0.383. The van der Waals surface area contributed by atoms with Crippen molar-refractivity contribution in [2.45, 2.75) is 13.3 Å². The van der Waals surface area contributed by atoms with E-state index in [0.29, 0.717) is 5.13 Å². The first kappa shape index (κ1) is 13.9. The van der Waals surface area contributed by atoms with Crippen molar-refractivity contribution in [3.63, 3.8) is 0 Å². The quantitative estimate of drug-likeness (QED) is 0.503. The van der Waals surface area contributed by atoms with Gasteiger partial charge in [-0.3, -0.25) is 20.2 Å². The summed E-state index contributed by atoms with van der Waals surface area (Å²) in [7, 11) is 0. The summed E-state index contributed by atoms with van der Waals surface area (Å²) in [6.45, 7) is 1.93. The summed E-state index contributed by atoms with van der Waals surface area (Å²) in [6.07, 6.45) is 0.723. The van der Waals surface area contributed by atoms with Gasteiger partial charge in [0.25, 0.3) is 11.6 Å². The number of nitro benzene ring substituents is 1. The van der Waals surface area contributed by atoms with E-state index in [1.807, 2.05) is 6.92 Å². The summed E-state index contributed by atoms with van der Waals surface area (Å²) in [5, 5.41) is 22.1. The van der Waals surface area contributed by atoms with Crippen molar-refractivity contribution in [1.29, 1.82) is 0 Å². The van der Waals surface area contributed by atoms with Gasteiger partial charge in [0.05, 0.1) is 4.92 Å². The van der Waals surface area contributed by atoms with Gasteiger partial charge in [0, 0.05) is 11.6 Å². The van der Waals surface area contributed by atoms with E-state index < -0.39 is 10.8 Å². The number of carbonyl (C=O) groups excluding carboxylic acids is 1. The van der Waals surface area contributed by atoms with Crippen LogP contribution in [-0.4, -0.2) is 21.0 Å². The number of amides is 1. The molecular formula is C11H11N5O3S. The average molecular weight is 293 g/mol. The minimum atomic E-state index is -0.633. The molecule has 0 spiro atoms. The molecule has 0 atom stereocenters. The molecule has 1 aromatic heterocycles. The number of nitrogens with zero attached hydrogens (tertiary/aromatic N) is 3. The van der Waals surface area contributed by atoms with Crippen LogP contribution in [-0.2, 0) is 6.42 Å². The third kappa shape index (κ3) is 2.88. The number of rotatable bonds is 4. The van der Waals surface area contributed by atoms with Crippen molar-refractivity contribution in [3.8, 4) is 0 Å². The van der Waals surface area contributed by atoms with Gasteiger partial charge in [0.2, 0.25) is 5.13 Å². The number of nitrogens with one attached hydrogen (secondary N) is 1. The van der Waals surface area contributed by atoms with Crippen molar-refractivity contribution in [2.24, 2.45) is 0 Å². The zero-order valence-corrected chi connectivity index (χ0v) is 11.3. The molecular weight excluding hydrogens is 282 g/mol. The maximum Gasteiger partial charge on any atom is 0.292 e. The number of aromatic nitrogens is 2. The average Bonchev–Trinajstić information content (AvgIpc) is 2.86. The van der Waals surface area contributed by atoms with E-state index in [1.165, 1.54) is 23.5 Å². The largest absolute Gasteiger partial charge is 0.393 e. The Balaban J connectivity index is 2.21. The van der Waals surface area contributed by atoms with Gasteiger partial charge in [-0.25, -0.2) is 0 Å². The van der Waals surface area contributed by atoms with Crippen LogP contribution in [0.15, 0.2) is 18.2 Å². The van der Waals surface area contributed by atoms with E-state index in [-0.39, 0.29) is 16.9 Å². The van der Waals surface area contributed by atoms with Gasteiger partial charge in [0.1, 0.15) is 10.7 Å². The molecule has 0 saturated heterocycles. The predicted octanol–water partition coefficient (Wildman–Crippen LogP) is 1.84. The summed E-state index contributed by atoms with van der Waals surface area (Å²) in [5.74, 6) is -0.494. The number of anilines is 2. The number of nitrogens with two attached hydrogens (primary N) is 1. The van der Waals surface area contributed by atoms with E-state index in [9.17, 15) is 14.9 Å². The molecule has 1 amide bonds. The minimum absolute atomic E-state index is 0.00994. The fourth-order valence-electron chi connectivity index (χ4n) is 1.46. The molecule has 3 N–H and O–H groups in total. The summed E-state index contributed by atoms with van der Waals surface area (Å²) in [5.41, 5.74) is 5.32. The van der Waals surface area contributed by atoms with Crippen molar-refractivity contribution >= 4 is 33.8 Å². The van der Waals surface area contributed by atoms with Crippen molar-refractivity contribution in [2.75, 3.05) is 11.1 Å². The molecule has 1 aromatic carbocycles. The predicted molar refractivity (Wildman–Crippen MR) is 74.7 cm³/mol. The zero-order chi connectivity index (χ0) is 14.7. The molecule has 8 nitrogen and oxygen atoms in total. The zero-order valence-electron chi connectivity index (χ0n) is 10.5. The lowest BCUT2D eigenvalue weighted by Gasteiger charge is -2.02. The number of hydrogen-bond acceptors (Lipinski definition) is 7. The van der Waals surface area contributed by atoms with Crippen LogP contribution in [0.4, 0.5) is 16.5 Å². The maximum atomic E-state index is 12.0. The second kappa shape index (κ2) is 5.61. The molecule has 9 heteroatoms. The summed E-state index contributed by atoms with van der Waals surface area (Å²) in [6, 6.07) is 3.87. The fourth-order valence-corrected chi connectivity index (χ4v) is 2.13. The SMILES string of the molecule is CCc1nnc(NC(=O)c2ccc(N)c([N+](=O)[O-])c2)s1. The highest BCUT2D eigenvalue weighted by atomic mass is 32.1. The van der Waals surface area contributed by atoms with Crippen LogP contribution in [0.5, 0.6) is 0 Å². The van der Waals surface area contributed by atoms with Gasteiger partial charge in [-0.2, -0.15) is 0 Å². The molecule has 2 rings (SSSR count). The highest BCUT2D eigenvalue weighted by Gasteiger charge is 2.16. The molecule has 0 bridgehead atoms. The Kier molecular flexibility index (Phi) is 3.89. The fraction of sp³-hybridized carbons (Fsp3) is 0.182. The number of nitro groups is 1. The van der Waals surface area contributed by atoms with Crippen LogP contribution < -0.4 is 11.1 Å². The topological polar surface area (TPSA) is 124 Å². The Hall–Kier alpha value is -2.55. The van der Waals surface area contributed by atoms with Crippen molar-refractivity contribution in [3.05, 3.63) is 38.9 Å². The van der Waals surface area contributed by atoms with Gasteiger partial charge in [-0.1, -0.05) is 18.3 Å². The first-order chi connectivity index (χ1) is 9.51. The van der Waals surface area contributed by atoms with Crippen LogP contribution in [0.1, 0.15) is 22.3 Å². The summed E-state index contributed by atoms with van der Waals surface area (Å²) in [4.78, 5) is 22.1.